The molecule has 0 atom stereocenters. The molecule has 0 aromatic carbocycles. The van der Waals surface area contributed by atoms with Crippen molar-refractivity contribution >= 4 is 0 Å². The standard InChI is InChI=1S/C8H17N3/c1-4-7-8(5-2,6-3)10-11-9/h4-7H2,1-3H3. The zero-order valence-corrected chi connectivity index (χ0v) is 7.67. The van der Waals surface area contributed by atoms with Crippen molar-refractivity contribution in [3.05, 3.63) is 10.4 Å². The largest absolute Gasteiger partial charge is 0.0873 e. The normalized spacial score (nSPS) is 10.8. The van der Waals surface area contributed by atoms with Gasteiger partial charge in [-0.3, -0.25) is 0 Å². The van der Waals surface area contributed by atoms with Gasteiger partial charge in [-0.05, 0) is 24.8 Å². The molecular formula is C8H17N3. The van der Waals surface area contributed by atoms with Crippen LogP contribution in [0.1, 0.15) is 46.5 Å². The summed E-state index contributed by atoms with van der Waals surface area (Å²) in [4.78, 5) is 2.89. The molecule has 0 saturated carbocycles. The molecule has 0 aromatic heterocycles. The Kier molecular flexibility index (Phi) is 4.71. The summed E-state index contributed by atoms with van der Waals surface area (Å²) in [6.07, 6.45) is 3.98. The first-order valence-electron chi connectivity index (χ1n) is 4.31. The summed E-state index contributed by atoms with van der Waals surface area (Å²) in [5.74, 6) is 0. The van der Waals surface area contributed by atoms with Gasteiger partial charge in [0.15, 0.2) is 0 Å². The number of hydrogen-bond donors (Lipinski definition) is 0. The van der Waals surface area contributed by atoms with Gasteiger partial charge in [0.05, 0.1) is 0 Å². The highest BCUT2D eigenvalue weighted by Crippen LogP contribution is 2.26. The Labute approximate surface area is 68.4 Å². The third kappa shape index (κ3) is 2.81. The van der Waals surface area contributed by atoms with Crippen LogP contribution in [0.15, 0.2) is 5.11 Å². The van der Waals surface area contributed by atoms with Crippen LogP contribution < -0.4 is 0 Å². The van der Waals surface area contributed by atoms with Crippen LogP contribution in [0.5, 0.6) is 0 Å². The van der Waals surface area contributed by atoms with Gasteiger partial charge in [-0.2, -0.15) is 0 Å². The molecule has 0 N–H and O–H groups in total. The zero-order chi connectivity index (χ0) is 8.74. The molecule has 3 nitrogen and oxygen atoms in total. The molecular weight excluding hydrogens is 138 g/mol. The summed E-state index contributed by atoms with van der Waals surface area (Å²) in [5, 5.41) is 3.86. The van der Waals surface area contributed by atoms with Crippen LogP contribution in [0.2, 0.25) is 0 Å². The molecule has 0 bridgehead atoms. The third-order valence-electron chi connectivity index (χ3n) is 2.29. The highest BCUT2D eigenvalue weighted by atomic mass is 15.2. The lowest BCUT2D eigenvalue weighted by atomic mass is 9.89. The molecule has 0 aliphatic carbocycles. The molecule has 3 heteroatoms. The maximum Gasteiger partial charge on any atom is 0.0483 e. The van der Waals surface area contributed by atoms with E-state index >= 15 is 0 Å². The maximum atomic E-state index is 8.35. The summed E-state index contributed by atoms with van der Waals surface area (Å²) in [6.45, 7) is 6.27. The second-order valence-corrected chi connectivity index (χ2v) is 2.87. The highest BCUT2D eigenvalue weighted by molar-refractivity contribution is 4.84. The fourth-order valence-electron chi connectivity index (χ4n) is 1.36. The van der Waals surface area contributed by atoms with Crippen LogP contribution in [0.3, 0.4) is 0 Å². The highest BCUT2D eigenvalue weighted by Gasteiger charge is 2.22. The number of rotatable bonds is 5. The van der Waals surface area contributed by atoms with Crippen molar-refractivity contribution in [2.24, 2.45) is 5.11 Å². The zero-order valence-electron chi connectivity index (χ0n) is 7.67. The van der Waals surface area contributed by atoms with Gasteiger partial charge < -0.3 is 0 Å². The van der Waals surface area contributed by atoms with Crippen LogP contribution in [0, 0.1) is 0 Å². The molecule has 0 aromatic rings. The van der Waals surface area contributed by atoms with Crippen molar-refractivity contribution in [3.63, 3.8) is 0 Å². The van der Waals surface area contributed by atoms with Gasteiger partial charge in [0, 0.05) is 10.5 Å². The van der Waals surface area contributed by atoms with E-state index < -0.39 is 0 Å². The van der Waals surface area contributed by atoms with Crippen molar-refractivity contribution in [3.8, 4) is 0 Å². The van der Waals surface area contributed by atoms with Gasteiger partial charge in [0.2, 0.25) is 0 Å². The molecule has 0 aliphatic heterocycles. The molecule has 0 heterocycles. The van der Waals surface area contributed by atoms with Crippen molar-refractivity contribution in [2.45, 2.75) is 52.0 Å². The van der Waals surface area contributed by atoms with E-state index in [1.807, 2.05) is 0 Å². The first kappa shape index (κ1) is 10.3. The van der Waals surface area contributed by atoms with Gasteiger partial charge in [-0.25, -0.2) is 0 Å². The van der Waals surface area contributed by atoms with Crippen LogP contribution in [0.25, 0.3) is 10.4 Å². The SMILES string of the molecule is CCCC(CC)(CC)N=[N+]=[N-]. The van der Waals surface area contributed by atoms with Gasteiger partial charge >= 0.3 is 0 Å². The summed E-state index contributed by atoms with van der Waals surface area (Å²) >= 11 is 0. The van der Waals surface area contributed by atoms with E-state index in [4.69, 9.17) is 5.53 Å². The predicted molar refractivity (Wildman–Crippen MR) is 47.4 cm³/mol. The summed E-state index contributed by atoms with van der Waals surface area (Å²) in [6, 6.07) is 0. The Hall–Kier alpha value is -0.690. The second kappa shape index (κ2) is 5.03. The number of azide groups is 1. The van der Waals surface area contributed by atoms with Crippen molar-refractivity contribution < 1.29 is 0 Å². The first-order chi connectivity index (χ1) is 5.24. The lowest BCUT2D eigenvalue weighted by molar-refractivity contribution is 0.362. The summed E-state index contributed by atoms with van der Waals surface area (Å²) < 4.78 is 0. The van der Waals surface area contributed by atoms with Gasteiger partial charge in [0.25, 0.3) is 0 Å². The Morgan fingerprint density at radius 1 is 1.27 bits per heavy atom. The summed E-state index contributed by atoms with van der Waals surface area (Å²) in [5.41, 5.74) is 8.24. The molecule has 0 fully saturated rings. The average molecular weight is 155 g/mol. The molecule has 0 radical (unpaired) electrons. The van der Waals surface area contributed by atoms with E-state index in [0.717, 1.165) is 25.7 Å². The van der Waals surface area contributed by atoms with E-state index in [-0.39, 0.29) is 5.54 Å². The second-order valence-electron chi connectivity index (χ2n) is 2.87. The third-order valence-corrected chi connectivity index (χ3v) is 2.29. The number of hydrogen-bond acceptors (Lipinski definition) is 1. The van der Waals surface area contributed by atoms with Gasteiger partial charge in [-0.1, -0.05) is 32.3 Å². The van der Waals surface area contributed by atoms with Crippen LogP contribution in [-0.2, 0) is 0 Å². The minimum atomic E-state index is -0.108. The molecule has 0 spiro atoms. The fourth-order valence-corrected chi connectivity index (χ4v) is 1.36. The predicted octanol–water partition coefficient (Wildman–Crippen LogP) is 3.66. The molecule has 0 saturated heterocycles. The molecule has 64 valence electrons. The molecule has 0 aliphatic rings. The molecule has 0 unspecified atom stereocenters. The maximum absolute atomic E-state index is 8.35. The van der Waals surface area contributed by atoms with E-state index in [1.54, 1.807) is 0 Å². The topological polar surface area (TPSA) is 48.8 Å². The minimum absolute atomic E-state index is 0.108. The van der Waals surface area contributed by atoms with Crippen molar-refractivity contribution in [1.29, 1.82) is 0 Å². The van der Waals surface area contributed by atoms with Crippen molar-refractivity contribution in [1.82, 2.24) is 0 Å². The Bertz CT molecular complexity index is 143. The Morgan fingerprint density at radius 2 is 1.82 bits per heavy atom. The van der Waals surface area contributed by atoms with Gasteiger partial charge in [0.1, 0.15) is 0 Å². The quantitative estimate of drug-likeness (QED) is 0.330. The monoisotopic (exact) mass is 155 g/mol. The van der Waals surface area contributed by atoms with E-state index in [0.29, 0.717) is 0 Å². The smallest absolute Gasteiger partial charge is 0.0483 e. The summed E-state index contributed by atoms with van der Waals surface area (Å²) in [7, 11) is 0. The Morgan fingerprint density at radius 3 is 2.09 bits per heavy atom. The van der Waals surface area contributed by atoms with Crippen LogP contribution in [0.4, 0.5) is 0 Å². The molecule has 0 amide bonds. The van der Waals surface area contributed by atoms with Crippen LogP contribution >= 0.6 is 0 Å². The van der Waals surface area contributed by atoms with Gasteiger partial charge in [-0.15, -0.1) is 0 Å². The van der Waals surface area contributed by atoms with Crippen LogP contribution in [-0.4, -0.2) is 5.54 Å². The first-order valence-corrected chi connectivity index (χ1v) is 4.31. The lowest BCUT2D eigenvalue weighted by Crippen LogP contribution is -2.22. The average Bonchev–Trinajstić information content (AvgIpc) is 2.04. The van der Waals surface area contributed by atoms with E-state index in [2.05, 4.69) is 30.8 Å². The number of nitrogens with zero attached hydrogens (tertiary/aromatic N) is 3. The molecule has 0 rings (SSSR count). The van der Waals surface area contributed by atoms with E-state index in [9.17, 15) is 0 Å². The Balaban J connectivity index is 4.31. The van der Waals surface area contributed by atoms with E-state index in [1.165, 1.54) is 0 Å². The van der Waals surface area contributed by atoms with Crippen molar-refractivity contribution in [2.75, 3.05) is 0 Å². The minimum Gasteiger partial charge on any atom is -0.0873 e. The molecule has 11 heavy (non-hydrogen) atoms. The fraction of sp³-hybridized carbons (Fsp3) is 1.00. The lowest BCUT2D eigenvalue weighted by Gasteiger charge is -2.24.